The first-order valence-corrected chi connectivity index (χ1v) is 10.3. The van der Waals surface area contributed by atoms with Gasteiger partial charge < -0.3 is 20.4 Å². The maximum atomic E-state index is 10.6. The van der Waals surface area contributed by atoms with Crippen molar-refractivity contribution in [1.29, 1.82) is 0 Å². The van der Waals surface area contributed by atoms with Crippen LogP contribution in [-0.2, 0) is 32.0 Å². The van der Waals surface area contributed by atoms with Gasteiger partial charge in [-0.2, -0.15) is 0 Å². The highest BCUT2D eigenvalue weighted by Crippen LogP contribution is 2.18. The van der Waals surface area contributed by atoms with E-state index in [1.165, 1.54) is 3.57 Å². The molecule has 0 fully saturated rings. The Balaban J connectivity index is 0. The van der Waals surface area contributed by atoms with Crippen LogP contribution in [0.25, 0.3) is 0 Å². The Morgan fingerprint density at radius 1 is 0.700 bits per heavy atom. The number of aliphatic carboxylic acids is 4. The van der Waals surface area contributed by atoms with Crippen molar-refractivity contribution in [3.05, 3.63) is 66.8 Å². The third-order valence-corrected chi connectivity index (χ3v) is 4.35. The fraction of sp³-hybridized carbons (Fsp3) is 0.200. The summed E-state index contributed by atoms with van der Waals surface area (Å²) in [7, 11) is 0. The van der Waals surface area contributed by atoms with E-state index in [9.17, 15) is 9.59 Å². The molecular weight excluding hydrogens is 622 g/mol. The quantitative estimate of drug-likeness (QED) is 0.365. The molecule has 2 aromatic carbocycles. The topological polar surface area (TPSA) is 149 Å². The van der Waals surface area contributed by atoms with Crippen molar-refractivity contribution in [2.45, 2.75) is 26.7 Å². The van der Waals surface area contributed by atoms with E-state index in [-0.39, 0.29) is 12.8 Å². The summed E-state index contributed by atoms with van der Waals surface area (Å²) in [5.41, 5.74) is 1.16. The van der Waals surface area contributed by atoms with Crippen LogP contribution < -0.4 is 0 Å². The lowest BCUT2D eigenvalue weighted by molar-refractivity contribution is -0.137. The van der Waals surface area contributed by atoms with Crippen LogP contribution in [0.1, 0.15) is 25.0 Å². The third kappa shape index (κ3) is 20.5. The smallest absolute Gasteiger partial charge is 0.307 e. The summed E-state index contributed by atoms with van der Waals surface area (Å²) in [6, 6.07) is 15.4. The number of rotatable bonds is 4. The highest BCUT2D eigenvalue weighted by atomic mass is 127. The van der Waals surface area contributed by atoms with E-state index in [1.54, 1.807) is 18.2 Å². The van der Waals surface area contributed by atoms with Crippen molar-refractivity contribution in [2.75, 3.05) is 0 Å². The molecule has 0 aliphatic carbocycles. The van der Waals surface area contributed by atoms with E-state index in [4.69, 9.17) is 30.0 Å². The first kappa shape index (κ1) is 30.0. The summed E-state index contributed by atoms with van der Waals surface area (Å²) in [4.78, 5) is 39.2. The van der Waals surface area contributed by atoms with Crippen molar-refractivity contribution in [1.82, 2.24) is 0 Å². The lowest BCUT2D eigenvalue weighted by atomic mass is 10.0. The van der Waals surface area contributed by atoms with Crippen LogP contribution in [0.15, 0.2) is 48.5 Å². The summed E-state index contributed by atoms with van der Waals surface area (Å²) in [6.45, 7) is 2.17. The molecular formula is C20H22I2O8. The van der Waals surface area contributed by atoms with Gasteiger partial charge in [-0.3, -0.25) is 19.2 Å². The van der Waals surface area contributed by atoms with Gasteiger partial charge in [0, 0.05) is 21.0 Å². The normalized spacial score (nSPS) is 8.67. The van der Waals surface area contributed by atoms with E-state index in [1.807, 2.05) is 40.8 Å². The average Bonchev–Trinajstić information content (AvgIpc) is 2.57. The predicted octanol–water partition coefficient (Wildman–Crippen LogP) is 4.02. The summed E-state index contributed by atoms with van der Waals surface area (Å²) >= 11 is 4.29. The standard InChI is InChI=1S/C10H9IO4.C6H5I.2C2H4O2/c11-8-3-1-2-6(4-9(12)13)7(8)5-10(14)15;7-6-4-2-1-3-5-6;2*1-2(3)4/h1-3H,4-5H2,(H,12,13)(H,14,15);1-5H;2*1H3,(H,3,4). The van der Waals surface area contributed by atoms with Gasteiger partial charge in [-0.05, 0) is 74.5 Å². The molecule has 0 radical (unpaired) electrons. The number of halogens is 2. The Morgan fingerprint density at radius 2 is 1.13 bits per heavy atom. The van der Waals surface area contributed by atoms with Crippen molar-refractivity contribution in [2.24, 2.45) is 0 Å². The van der Waals surface area contributed by atoms with E-state index in [0.717, 1.165) is 17.4 Å². The fourth-order valence-corrected chi connectivity index (χ4v) is 2.86. The van der Waals surface area contributed by atoms with Crippen LogP contribution in [0, 0.1) is 7.14 Å². The predicted molar refractivity (Wildman–Crippen MR) is 128 cm³/mol. The maximum absolute atomic E-state index is 10.6. The molecule has 0 aliphatic rings. The molecule has 164 valence electrons. The lowest BCUT2D eigenvalue weighted by Crippen LogP contribution is -2.09. The number of hydrogen-bond acceptors (Lipinski definition) is 4. The van der Waals surface area contributed by atoms with Gasteiger partial charge in [-0.15, -0.1) is 0 Å². The van der Waals surface area contributed by atoms with Crippen LogP contribution in [0.4, 0.5) is 0 Å². The summed E-state index contributed by atoms with van der Waals surface area (Å²) < 4.78 is 2.08. The molecule has 0 heterocycles. The van der Waals surface area contributed by atoms with Crippen molar-refractivity contribution in [3.8, 4) is 0 Å². The SMILES string of the molecule is CC(=O)O.CC(=O)O.Ic1ccccc1.O=C(O)Cc1cccc(I)c1CC(=O)O. The Kier molecular flexibility index (Phi) is 17.6. The molecule has 0 unspecified atom stereocenters. The lowest BCUT2D eigenvalue weighted by Gasteiger charge is -2.07. The minimum absolute atomic E-state index is 0.137. The van der Waals surface area contributed by atoms with E-state index in [2.05, 4.69) is 34.7 Å². The number of carboxylic acid groups (broad SMARTS) is 4. The molecule has 10 heteroatoms. The summed E-state index contributed by atoms with van der Waals surface area (Å²) in [6.07, 6.45) is -0.277. The largest absolute Gasteiger partial charge is 0.481 e. The zero-order valence-corrected chi connectivity index (χ0v) is 20.5. The molecule has 0 saturated carbocycles. The van der Waals surface area contributed by atoms with Gasteiger partial charge in [0.25, 0.3) is 11.9 Å². The Morgan fingerprint density at radius 3 is 1.47 bits per heavy atom. The minimum atomic E-state index is -0.955. The van der Waals surface area contributed by atoms with Crippen molar-refractivity contribution >= 4 is 69.1 Å². The van der Waals surface area contributed by atoms with Gasteiger partial charge in [-0.1, -0.05) is 30.3 Å². The van der Waals surface area contributed by atoms with Gasteiger partial charge in [-0.25, -0.2) is 0 Å². The van der Waals surface area contributed by atoms with Gasteiger partial charge in [0.1, 0.15) is 0 Å². The van der Waals surface area contributed by atoms with Crippen molar-refractivity contribution < 1.29 is 39.6 Å². The number of carboxylic acids is 4. The van der Waals surface area contributed by atoms with Crippen molar-refractivity contribution in [3.63, 3.8) is 0 Å². The van der Waals surface area contributed by atoms with Crippen LogP contribution in [0.3, 0.4) is 0 Å². The third-order valence-electron chi connectivity index (χ3n) is 2.62. The fourth-order valence-electron chi connectivity index (χ4n) is 1.70. The first-order valence-electron chi connectivity index (χ1n) is 8.16. The molecule has 0 bridgehead atoms. The molecule has 0 saturated heterocycles. The van der Waals surface area contributed by atoms with Gasteiger partial charge in [0.05, 0.1) is 12.8 Å². The zero-order valence-electron chi connectivity index (χ0n) is 16.2. The molecule has 8 nitrogen and oxygen atoms in total. The van der Waals surface area contributed by atoms with Gasteiger partial charge >= 0.3 is 11.9 Å². The minimum Gasteiger partial charge on any atom is -0.481 e. The highest BCUT2D eigenvalue weighted by molar-refractivity contribution is 14.1. The van der Waals surface area contributed by atoms with Crippen LogP contribution in [-0.4, -0.2) is 44.3 Å². The maximum Gasteiger partial charge on any atom is 0.307 e. The van der Waals surface area contributed by atoms with E-state index < -0.39 is 23.9 Å². The first-order chi connectivity index (χ1) is 13.9. The van der Waals surface area contributed by atoms with E-state index in [0.29, 0.717) is 11.1 Å². The highest BCUT2D eigenvalue weighted by Gasteiger charge is 2.12. The Bertz CT molecular complexity index is 803. The van der Waals surface area contributed by atoms with Crippen LogP contribution in [0.2, 0.25) is 0 Å². The Labute approximate surface area is 201 Å². The molecule has 0 atom stereocenters. The number of carbonyl (C=O) groups is 4. The van der Waals surface area contributed by atoms with Crippen LogP contribution >= 0.6 is 45.2 Å². The second-order valence-corrected chi connectivity index (χ2v) is 7.76. The van der Waals surface area contributed by atoms with Gasteiger partial charge in [0.15, 0.2) is 0 Å². The molecule has 0 aliphatic heterocycles. The average molecular weight is 644 g/mol. The molecule has 0 amide bonds. The molecule has 2 rings (SSSR count). The molecule has 30 heavy (non-hydrogen) atoms. The summed E-state index contributed by atoms with van der Waals surface area (Å²) in [5.74, 6) is -3.57. The zero-order chi connectivity index (χ0) is 23.7. The monoisotopic (exact) mass is 644 g/mol. The molecule has 2 aromatic rings. The summed E-state index contributed by atoms with van der Waals surface area (Å²) in [5, 5.41) is 32.2. The van der Waals surface area contributed by atoms with E-state index >= 15 is 0 Å². The molecule has 4 N–H and O–H groups in total. The van der Waals surface area contributed by atoms with Gasteiger partial charge in [0.2, 0.25) is 0 Å². The molecule has 0 aromatic heterocycles. The Hall–Kier alpha value is -2.22. The second kappa shape index (κ2) is 17.6. The van der Waals surface area contributed by atoms with Crippen LogP contribution in [0.5, 0.6) is 0 Å². The number of hydrogen-bond donors (Lipinski definition) is 4. The number of benzene rings is 2. The second-order valence-electron chi connectivity index (χ2n) is 5.35. The molecule has 0 spiro atoms.